The molecule has 250 valence electrons. The zero-order chi connectivity index (χ0) is 34.1. The van der Waals surface area contributed by atoms with Gasteiger partial charge in [-0.1, -0.05) is 42.5 Å². The van der Waals surface area contributed by atoms with Crippen molar-refractivity contribution in [2.45, 2.75) is 45.0 Å². The molecule has 4 aromatic rings. The van der Waals surface area contributed by atoms with E-state index in [9.17, 15) is 23.1 Å². The number of aliphatic hydroxyl groups is 1. The number of amides is 2. The number of aryl methyl sites for hydroxylation is 1. The molecule has 0 aliphatic rings. The van der Waals surface area contributed by atoms with Crippen molar-refractivity contribution in [2.24, 2.45) is 0 Å². The fraction of sp³-hybridized carbons (Fsp3) is 0.324. The van der Waals surface area contributed by atoms with Crippen LogP contribution in [0.2, 0.25) is 0 Å². The number of nitrogens with one attached hydrogen (secondary N) is 3. The summed E-state index contributed by atoms with van der Waals surface area (Å²) in [6.45, 7) is 4.31. The largest absolute Gasteiger partial charge is 0.497 e. The van der Waals surface area contributed by atoms with Crippen molar-refractivity contribution in [2.75, 3.05) is 31.3 Å². The van der Waals surface area contributed by atoms with Crippen LogP contribution in [0.5, 0.6) is 5.75 Å². The van der Waals surface area contributed by atoms with E-state index in [0.717, 1.165) is 38.1 Å². The predicted octanol–water partition coefficient (Wildman–Crippen LogP) is 3.84. The molecule has 1 heterocycles. The minimum atomic E-state index is -3.71. The molecule has 11 nitrogen and oxygen atoms in total. The summed E-state index contributed by atoms with van der Waals surface area (Å²) < 4.78 is 31.2. The van der Waals surface area contributed by atoms with Crippen molar-refractivity contribution in [3.8, 4) is 5.75 Å². The second-order valence-corrected chi connectivity index (χ2v) is 14.2. The SMILES string of the molecule is COc1cccc(CNCC(O)C(Cc2ccccc2)NC(=O)c2cc(C(=O)NC(C)c3nc(C)cs3)cc(N(C)S(C)(=O)=O)c2)c1. The molecule has 0 saturated heterocycles. The Kier molecular flexibility index (Phi) is 12.1. The first kappa shape index (κ1) is 35.6. The van der Waals surface area contributed by atoms with Gasteiger partial charge in [-0.05, 0) is 61.7 Å². The van der Waals surface area contributed by atoms with Gasteiger partial charge in [-0.15, -0.1) is 11.3 Å². The molecule has 0 radical (unpaired) electrons. The van der Waals surface area contributed by atoms with Crippen molar-refractivity contribution in [3.63, 3.8) is 0 Å². The zero-order valence-electron chi connectivity index (χ0n) is 27.1. The summed E-state index contributed by atoms with van der Waals surface area (Å²) in [5.74, 6) is -0.339. The van der Waals surface area contributed by atoms with E-state index in [2.05, 4.69) is 20.9 Å². The van der Waals surface area contributed by atoms with E-state index in [1.165, 1.54) is 36.6 Å². The van der Waals surface area contributed by atoms with Gasteiger partial charge in [0.25, 0.3) is 11.8 Å². The number of rotatable bonds is 15. The van der Waals surface area contributed by atoms with Crippen LogP contribution >= 0.6 is 11.3 Å². The molecule has 0 fully saturated rings. The van der Waals surface area contributed by atoms with Crippen LogP contribution in [-0.2, 0) is 23.0 Å². The highest BCUT2D eigenvalue weighted by molar-refractivity contribution is 7.92. The number of thiazole rings is 1. The van der Waals surface area contributed by atoms with E-state index in [-0.39, 0.29) is 23.4 Å². The number of aliphatic hydroxyl groups excluding tert-OH is 1. The van der Waals surface area contributed by atoms with Gasteiger partial charge < -0.3 is 25.8 Å². The molecular formula is C34H41N5O6S2. The van der Waals surface area contributed by atoms with Crippen molar-refractivity contribution in [1.29, 1.82) is 0 Å². The molecule has 3 unspecified atom stereocenters. The van der Waals surface area contributed by atoms with Crippen molar-refractivity contribution in [1.82, 2.24) is 20.9 Å². The van der Waals surface area contributed by atoms with E-state index in [1.807, 2.05) is 66.9 Å². The quantitative estimate of drug-likeness (QED) is 0.148. The Morgan fingerprint density at radius 3 is 2.26 bits per heavy atom. The standard InChI is InChI=1S/C34H41N5O6S2/c1-22-21-46-34(36-22)23(2)37-32(41)26-16-27(18-28(17-26)39(3)47(5,43)44)33(42)38-30(15-24-10-7-6-8-11-24)31(40)20-35-19-25-12-9-13-29(14-25)45-4/h6-14,16-18,21,23,30-31,35,40H,15,19-20H2,1-5H3,(H,37,41)(H,38,42). The number of nitrogens with zero attached hydrogens (tertiary/aromatic N) is 2. The Balaban J connectivity index is 1.57. The van der Waals surface area contributed by atoms with E-state index in [1.54, 1.807) is 14.0 Å². The number of methoxy groups -OCH3 is 1. The fourth-order valence-corrected chi connectivity index (χ4v) is 6.14. The van der Waals surface area contributed by atoms with Crippen molar-refractivity contribution >= 4 is 38.9 Å². The third-order valence-corrected chi connectivity index (χ3v) is 9.91. The lowest BCUT2D eigenvalue weighted by molar-refractivity contribution is 0.0830. The van der Waals surface area contributed by atoms with E-state index in [0.29, 0.717) is 13.0 Å². The predicted molar refractivity (Wildman–Crippen MR) is 185 cm³/mol. The Bertz CT molecular complexity index is 1780. The summed E-state index contributed by atoms with van der Waals surface area (Å²) in [5.41, 5.74) is 3.02. The first-order chi connectivity index (χ1) is 22.3. The van der Waals surface area contributed by atoms with Crippen LogP contribution in [0, 0.1) is 6.92 Å². The Morgan fingerprint density at radius 2 is 1.64 bits per heavy atom. The second-order valence-electron chi connectivity index (χ2n) is 11.3. The minimum absolute atomic E-state index is 0.0653. The average molecular weight is 680 g/mol. The maximum Gasteiger partial charge on any atom is 0.251 e. The summed E-state index contributed by atoms with van der Waals surface area (Å²) in [5, 5.41) is 23.0. The van der Waals surface area contributed by atoms with Crippen molar-refractivity contribution < 1.29 is 27.9 Å². The molecule has 0 aliphatic heterocycles. The molecular weight excluding hydrogens is 639 g/mol. The van der Waals surface area contributed by atoms with Crippen LogP contribution in [0.15, 0.2) is 78.2 Å². The molecule has 4 N–H and O–H groups in total. The molecule has 0 saturated carbocycles. The highest BCUT2D eigenvalue weighted by Crippen LogP contribution is 2.23. The average Bonchev–Trinajstić information content (AvgIpc) is 3.50. The summed E-state index contributed by atoms with van der Waals surface area (Å²) in [6.07, 6.45) is 0.379. The second kappa shape index (κ2) is 16.0. The first-order valence-corrected chi connectivity index (χ1v) is 17.7. The van der Waals surface area contributed by atoms with Gasteiger partial charge in [0.05, 0.1) is 37.2 Å². The lowest BCUT2D eigenvalue weighted by Crippen LogP contribution is -2.48. The molecule has 13 heteroatoms. The molecule has 47 heavy (non-hydrogen) atoms. The molecule has 0 bridgehead atoms. The number of hydrogen-bond acceptors (Lipinski definition) is 9. The number of carbonyl (C=O) groups is 2. The maximum absolute atomic E-state index is 13.8. The third kappa shape index (κ3) is 10.1. The number of benzene rings is 3. The van der Waals surface area contributed by atoms with Crippen LogP contribution in [0.25, 0.3) is 0 Å². The summed E-state index contributed by atoms with van der Waals surface area (Å²) in [6, 6.07) is 20.2. The van der Waals surface area contributed by atoms with Gasteiger partial charge in [0, 0.05) is 42.3 Å². The molecule has 0 spiro atoms. The highest BCUT2D eigenvalue weighted by atomic mass is 32.2. The van der Waals surface area contributed by atoms with E-state index < -0.39 is 40.0 Å². The monoisotopic (exact) mass is 679 g/mol. The third-order valence-electron chi connectivity index (χ3n) is 7.55. The number of aromatic nitrogens is 1. The van der Waals surface area contributed by atoms with Gasteiger partial charge in [-0.25, -0.2) is 13.4 Å². The summed E-state index contributed by atoms with van der Waals surface area (Å²) >= 11 is 1.42. The van der Waals surface area contributed by atoms with E-state index in [4.69, 9.17) is 4.74 Å². The number of sulfonamides is 1. The molecule has 3 atom stereocenters. The van der Waals surface area contributed by atoms with Crippen LogP contribution in [0.1, 0.15) is 55.5 Å². The maximum atomic E-state index is 13.8. The van der Waals surface area contributed by atoms with Crippen LogP contribution in [-0.4, -0.2) is 69.4 Å². The van der Waals surface area contributed by atoms with Crippen LogP contribution in [0.3, 0.4) is 0 Å². The highest BCUT2D eigenvalue weighted by Gasteiger charge is 2.25. The Labute approximate surface area is 280 Å². The number of carbonyl (C=O) groups excluding carboxylic acids is 2. The number of ether oxygens (including phenoxy) is 1. The van der Waals surface area contributed by atoms with Gasteiger partial charge in [-0.2, -0.15) is 0 Å². The van der Waals surface area contributed by atoms with Crippen molar-refractivity contribution in [3.05, 3.63) is 111 Å². The molecule has 4 rings (SSSR count). The van der Waals surface area contributed by atoms with Gasteiger partial charge in [0.15, 0.2) is 0 Å². The summed E-state index contributed by atoms with van der Waals surface area (Å²) in [7, 11) is -0.763. The Hall–Kier alpha value is -4.30. The normalized spacial score (nSPS) is 13.3. The molecule has 0 aliphatic carbocycles. The minimum Gasteiger partial charge on any atom is -0.497 e. The smallest absolute Gasteiger partial charge is 0.251 e. The Morgan fingerprint density at radius 1 is 0.979 bits per heavy atom. The first-order valence-electron chi connectivity index (χ1n) is 15.0. The number of hydrogen-bond donors (Lipinski definition) is 4. The van der Waals surface area contributed by atoms with Gasteiger partial charge >= 0.3 is 0 Å². The van der Waals surface area contributed by atoms with Crippen LogP contribution < -0.4 is 25.0 Å². The number of anilines is 1. The lowest BCUT2D eigenvalue weighted by atomic mass is 10.00. The van der Waals surface area contributed by atoms with Gasteiger partial charge in [-0.3, -0.25) is 13.9 Å². The molecule has 2 amide bonds. The fourth-order valence-electron chi connectivity index (χ4n) is 4.85. The topological polar surface area (TPSA) is 150 Å². The van der Waals surface area contributed by atoms with Gasteiger partial charge in [0.1, 0.15) is 10.8 Å². The molecule has 3 aromatic carbocycles. The van der Waals surface area contributed by atoms with Crippen LogP contribution in [0.4, 0.5) is 5.69 Å². The zero-order valence-corrected chi connectivity index (χ0v) is 28.7. The van der Waals surface area contributed by atoms with E-state index >= 15 is 0 Å². The lowest BCUT2D eigenvalue weighted by Gasteiger charge is -2.25. The summed E-state index contributed by atoms with van der Waals surface area (Å²) in [4.78, 5) is 31.6. The molecule has 1 aromatic heterocycles. The van der Waals surface area contributed by atoms with Gasteiger partial charge in [0.2, 0.25) is 10.0 Å².